The fourth-order valence-electron chi connectivity index (χ4n) is 2.61. The van der Waals surface area contributed by atoms with Gasteiger partial charge in [-0.2, -0.15) is 0 Å². The first-order valence-corrected chi connectivity index (χ1v) is 10.1. The van der Waals surface area contributed by atoms with E-state index in [4.69, 9.17) is 18.9 Å². The Bertz CT molecular complexity index is 831. The number of methoxy groups -OCH3 is 3. The second-order valence-electron chi connectivity index (χ2n) is 8.09. The Hall–Kier alpha value is -3.34. The predicted octanol–water partition coefficient (Wildman–Crippen LogP) is 2.63. The Labute approximate surface area is 192 Å². The first-order chi connectivity index (χ1) is 15.5. The first-order valence-electron chi connectivity index (χ1n) is 10.1. The Morgan fingerprint density at radius 1 is 0.909 bits per heavy atom. The molecule has 0 aromatic heterocycles. The molecule has 1 rings (SSSR count). The SMILES string of the molecule is COC(=O)Oc1ccc(C[C@H](NCCOC(=O)CC(C)(C)C)C(=O)OC)cc1OC(=O)OC. The van der Waals surface area contributed by atoms with E-state index >= 15 is 0 Å². The lowest BCUT2D eigenvalue weighted by molar-refractivity contribution is -0.145. The van der Waals surface area contributed by atoms with Crippen molar-refractivity contribution in [2.45, 2.75) is 39.7 Å². The molecular formula is C22H31NO10. The molecule has 33 heavy (non-hydrogen) atoms. The zero-order valence-corrected chi connectivity index (χ0v) is 19.7. The van der Waals surface area contributed by atoms with E-state index in [0.29, 0.717) is 5.56 Å². The summed E-state index contributed by atoms with van der Waals surface area (Å²) < 4.78 is 28.9. The summed E-state index contributed by atoms with van der Waals surface area (Å²) in [6, 6.07) is 3.59. The lowest BCUT2D eigenvalue weighted by Gasteiger charge is -2.19. The summed E-state index contributed by atoms with van der Waals surface area (Å²) in [6.45, 7) is 6.08. The summed E-state index contributed by atoms with van der Waals surface area (Å²) in [6.07, 6.45) is -1.62. The molecule has 0 spiro atoms. The molecular weight excluding hydrogens is 438 g/mol. The van der Waals surface area contributed by atoms with Crippen LogP contribution in [-0.4, -0.2) is 64.8 Å². The summed E-state index contributed by atoms with van der Waals surface area (Å²) in [7, 11) is 3.50. The summed E-state index contributed by atoms with van der Waals surface area (Å²) in [4.78, 5) is 47.0. The molecule has 184 valence electrons. The minimum absolute atomic E-state index is 0.0744. The quantitative estimate of drug-likeness (QED) is 0.234. The largest absolute Gasteiger partial charge is 0.513 e. The summed E-state index contributed by atoms with van der Waals surface area (Å²) >= 11 is 0. The Balaban J connectivity index is 2.87. The standard InChI is InChI=1S/C22H31NO10/c1-22(2,3)13-18(24)31-10-9-23-15(19(25)28-4)11-14-7-8-16(32-20(26)29-5)17(12-14)33-21(27)30-6/h7-8,12,15,23H,9-11,13H2,1-6H3/t15-/m0/s1. The monoisotopic (exact) mass is 469 g/mol. The van der Waals surface area contributed by atoms with Crippen molar-refractivity contribution >= 4 is 24.2 Å². The molecule has 0 heterocycles. The highest BCUT2D eigenvalue weighted by molar-refractivity contribution is 5.76. The lowest BCUT2D eigenvalue weighted by Crippen LogP contribution is -2.41. The zero-order chi connectivity index (χ0) is 25.0. The minimum Gasteiger partial charge on any atom is -0.468 e. The maximum Gasteiger partial charge on any atom is 0.513 e. The molecule has 1 aromatic rings. The van der Waals surface area contributed by atoms with Crippen LogP contribution in [0.1, 0.15) is 32.8 Å². The third-order valence-corrected chi connectivity index (χ3v) is 4.08. The molecule has 1 N–H and O–H groups in total. The third kappa shape index (κ3) is 10.7. The number of nitrogens with one attached hydrogen (secondary N) is 1. The van der Waals surface area contributed by atoms with E-state index in [1.165, 1.54) is 19.2 Å². The van der Waals surface area contributed by atoms with Gasteiger partial charge >= 0.3 is 24.2 Å². The van der Waals surface area contributed by atoms with Crippen LogP contribution < -0.4 is 14.8 Å². The molecule has 11 heteroatoms. The molecule has 0 radical (unpaired) electrons. The topological polar surface area (TPSA) is 136 Å². The van der Waals surface area contributed by atoms with Crippen molar-refractivity contribution in [2.75, 3.05) is 34.5 Å². The van der Waals surface area contributed by atoms with Gasteiger partial charge in [0.15, 0.2) is 11.5 Å². The van der Waals surface area contributed by atoms with Gasteiger partial charge in [-0.25, -0.2) is 9.59 Å². The molecule has 0 aliphatic heterocycles. The summed E-state index contributed by atoms with van der Waals surface area (Å²) in [5, 5.41) is 2.97. The molecule has 0 bridgehead atoms. The number of ether oxygens (including phenoxy) is 6. The second kappa shape index (κ2) is 13.3. The van der Waals surface area contributed by atoms with Crippen molar-refractivity contribution in [3.8, 4) is 11.5 Å². The van der Waals surface area contributed by atoms with Gasteiger partial charge in [0.25, 0.3) is 0 Å². The molecule has 0 aliphatic carbocycles. The van der Waals surface area contributed by atoms with Crippen LogP contribution in [0.3, 0.4) is 0 Å². The fraction of sp³-hybridized carbons (Fsp3) is 0.545. The van der Waals surface area contributed by atoms with E-state index < -0.39 is 24.3 Å². The van der Waals surface area contributed by atoms with Crippen LogP contribution in [0.25, 0.3) is 0 Å². The van der Waals surface area contributed by atoms with Gasteiger partial charge in [-0.1, -0.05) is 26.8 Å². The molecule has 1 aromatic carbocycles. The van der Waals surface area contributed by atoms with Gasteiger partial charge in [0, 0.05) is 6.54 Å². The average Bonchev–Trinajstić information content (AvgIpc) is 2.75. The molecule has 0 fully saturated rings. The second-order valence-corrected chi connectivity index (χ2v) is 8.09. The van der Waals surface area contributed by atoms with Gasteiger partial charge < -0.3 is 33.7 Å². The smallest absolute Gasteiger partial charge is 0.468 e. The van der Waals surface area contributed by atoms with Crippen LogP contribution >= 0.6 is 0 Å². The first kappa shape index (κ1) is 27.7. The average molecular weight is 469 g/mol. The third-order valence-electron chi connectivity index (χ3n) is 4.08. The number of benzene rings is 1. The van der Waals surface area contributed by atoms with Crippen LogP contribution in [0.15, 0.2) is 18.2 Å². The normalized spacial score (nSPS) is 11.7. The number of esters is 2. The Kier molecular flexibility index (Phi) is 11.1. The maximum atomic E-state index is 12.2. The number of carbonyl (C=O) groups excluding carboxylic acids is 4. The van der Waals surface area contributed by atoms with E-state index in [1.54, 1.807) is 6.07 Å². The molecule has 0 aliphatic rings. The minimum atomic E-state index is -1.03. The molecule has 0 saturated carbocycles. The number of carbonyl (C=O) groups is 4. The highest BCUT2D eigenvalue weighted by Crippen LogP contribution is 2.30. The number of hydrogen-bond acceptors (Lipinski definition) is 11. The van der Waals surface area contributed by atoms with Crippen molar-refractivity contribution in [3.63, 3.8) is 0 Å². The highest BCUT2D eigenvalue weighted by atomic mass is 16.7. The van der Waals surface area contributed by atoms with E-state index in [2.05, 4.69) is 14.8 Å². The van der Waals surface area contributed by atoms with Gasteiger partial charge in [-0.3, -0.25) is 9.59 Å². The molecule has 1 atom stereocenters. The fourth-order valence-corrected chi connectivity index (χ4v) is 2.61. The Morgan fingerprint density at radius 2 is 1.52 bits per heavy atom. The van der Waals surface area contributed by atoms with Crippen LogP contribution in [0, 0.1) is 5.41 Å². The van der Waals surface area contributed by atoms with Gasteiger partial charge in [-0.05, 0) is 29.5 Å². The number of rotatable bonds is 10. The van der Waals surface area contributed by atoms with Crippen molar-refractivity contribution in [2.24, 2.45) is 5.41 Å². The van der Waals surface area contributed by atoms with Crippen molar-refractivity contribution in [3.05, 3.63) is 23.8 Å². The van der Waals surface area contributed by atoms with Gasteiger partial charge in [-0.15, -0.1) is 0 Å². The van der Waals surface area contributed by atoms with Gasteiger partial charge in [0.05, 0.1) is 27.8 Å². The van der Waals surface area contributed by atoms with Crippen LogP contribution in [0.4, 0.5) is 9.59 Å². The summed E-state index contributed by atoms with van der Waals surface area (Å²) in [5.74, 6) is -1.06. The van der Waals surface area contributed by atoms with Crippen molar-refractivity contribution in [1.82, 2.24) is 5.32 Å². The highest BCUT2D eigenvalue weighted by Gasteiger charge is 2.22. The van der Waals surface area contributed by atoms with E-state index in [-0.39, 0.29) is 48.9 Å². The van der Waals surface area contributed by atoms with Crippen LogP contribution in [0.2, 0.25) is 0 Å². The Morgan fingerprint density at radius 3 is 2.06 bits per heavy atom. The van der Waals surface area contributed by atoms with Crippen molar-refractivity contribution < 1.29 is 47.6 Å². The summed E-state index contributed by atoms with van der Waals surface area (Å²) in [5.41, 5.74) is 0.367. The van der Waals surface area contributed by atoms with Crippen LogP contribution in [0.5, 0.6) is 11.5 Å². The van der Waals surface area contributed by atoms with Gasteiger partial charge in [0.1, 0.15) is 12.6 Å². The predicted molar refractivity (Wildman–Crippen MR) is 115 cm³/mol. The molecule has 11 nitrogen and oxygen atoms in total. The molecule has 0 unspecified atom stereocenters. The van der Waals surface area contributed by atoms with E-state index in [9.17, 15) is 19.2 Å². The lowest BCUT2D eigenvalue weighted by atomic mass is 9.93. The van der Waals surface area contributed by atoms with E-state index in [1.807, 2.05) is 20.8 Å². The maximum absolute atomic E-state index is 12.2. The number of hydrogen-bond donors (Lipinski definition) is 1. The van der Waals surface area contributed by atoms with Crippen molar-refractivity contribution in [1.29, 1.82) is 0 Å². The molecule has 0 saturated heterocycles. The van der Waals surface area contributed by atoms with E-state index in [0.717, 1.165) is 14.2 Å². The van der Waals surface area contributed by atoms with Gasteiger partial charge in [0.2, 0.25) is 0 Å². The zero-order valence-electron chi connectivity index (χ0n) is 19.7. The van der Waals surface area contributed by atoms with Crippen LogP contribution in [-0.2, 0) is 35.0 Å². The molecule has 0 amide bonds.